The molecule has 1 atom stereocenters. The van der Waals surface area contributed by atoms with Crippen molar-refractivity contribution in [3.05, 3.63) is 69.2 Å². The molecule has 0 aromatic heterocycles. The van der Waals surface area contributed by atoms with Crippen molar-refractivity contribution >= 4 is 23.2 Å². The predicted molar refractivity (Wildman–Crippen MR) is 78.1 cm³/mol. The third kappa shape index (κ3) is 3.48. The first-order valence-corrected chi connectivity index (χ1v) is 6.86. The smallest absolute Gasteiger partial charge is 0.142 e. The molecule has 0 amide bonds. The zero-order chi connectivity index (χ0) is 14.7. The summed E-state index contributed by atoms with van der Waals surface area (Å²) in [6.45, 7) is 2.26. The van der Waals surface area contributed by atoms with Crippen molar-refractivity contribution in [1.29, 1.82) is 0 Å². The van der Waals surface area contributed by atoms with Gasteiger partial charge >= 0.3 is 0 Å². The molecule has 0 heterocycles. The maximum Gasteiger partial charge on any atom is 0.142 e. The summed E-state index contributed by atoms with van der Waals surface area (Å²) in [5, 5.41) is 3.56. The molecule has 5 heteroatoms. The maximum atomic E-state index is 13.5. The molecule has 0 saturated carbocycles. The number of nitrogens with one attached hydrogen (secondary N) is 1. The van der Waals surface area contributed by atoms with E-state index in [1.54, 1.807) is 12.1 Å². The van der Waals surface area contributed by atoms with E-state index in [2.05, 4.69) is 5.32 Å². The van der Waals surface area contributed by atoms with E-state index >= 15 is 0 Å². The molecule has 0 radical (unpaired) electrons. The largest absolute Gasteiger partial charge is 0.306 e. The van der Waals surface area contributed by atoms with Crippen LogP contribution in [0.5, 0.6) is 0 Å². The zero-order valence-corrected chi connectivity index (χ0v) is 12.3. The average molecular weight is 316 g/mol. The van der Waals surface area contributed by atoms with Gasteiger partial charge in [0.15, 0.2) is 0 Å². The van der Waals surface area contributed by atoms with Gasteiger partial charge in [0, 0.05) is 23.2 Å². The van der Waals surface area contributed by atoms with Crippen LogP contribution >= 0.6 is 23.2 Å². The predicted octanol–water partition coefficient (Wildman–Crippen LogP) is 5.12. The van der Waals surface area contributed by atoms with Crippen molar-refractivity contribution < 1.29 is 8.78 Å². The Labute approximate surface area is 126 Å². The van der Waals surface area contributed by atoms with E-state index in [9.17, 15) is 8.78 Å². The summed E-state index contributed by atoms with van der Waals surface area (Å²) in [6, 6.07) is 8.71. The van der Waals surface area contributed by atoms with Crippen LogP contribution in [0.2, 0.25) is 10.0 Å². The van der Waals surface area contributed by atoms with Crippen LogP contribution in [0.1, 0.15) is 24.1 Å². The molecular weight excluding hydrogens is 303 g/mol. The van der Waals surface area contributed by atoms with Gasteiger partial charge in [0.2, 0.25) is 0 Å². The summed E-state index contributed by atoms with van der Waals surface area (Å²) in [4.78, 5) is 0. The minimum absolute atomic E-state index is 0.0109. The molecular formula is C15H13Cl2F2N. The van der Waals surface area contributed by atoms with E-state index < -0.39 is 5.82 Å². The fraction of sp³-hybridized carbons (Fsp3) is 0.200. The zero-order valence-electron chi connectivity index (χ0n) is 10.8. The Morgan fingerprint density at radius 2 is 1.90 bits per heavy atom. The van der Waals surface area contributed by atoms with Crippen LogP contribution in [-0.2, 0) is 6.54 Å². The Balaban J connectivity index is 2.13. The van der Waals surface area contributed by atoms with Crippen molar-refractivity contribution in [2.45, 2.75) is 19.5 Å². The lowest BCUT2D eigenvalue weighted by Gasteiger charge is -2.17. The van der Waals surface area contributed by atoms with Crippen LogP contribution in [-0.4, -0.2) is 0 Å². The summed E-state index contributed by atoms with van der Waals surface area (Å²) in [5.74, 6) is -0.802. The van der Waals surface area contributed by atoms with E-state index in [0.29, 0.717) is 17.1 Å². The highest BCUT2D eigenvalue weighted by atomic mass is 35.5. The van der Waals surface area contributed by atoms with Gasteiger partial charge in [0.1, 0.15) is 11.6 Å². The summed E-state index contributed by atoms with van der Waals surface area (Å²) in [7, 11) is 0. The molecule has 0 fully saturated rings. The summed E-state index contributed by atoms with van der Waals surface area (Å²) in [5.41, 5.74) is 1.30. The molecule has 0 spiro atoms. The van der Waals surface area contributed by atoms with E-state index in [-0.39, 0.29) is 16.9 Å². The molecule has 2 rings (SSSR count). The number of rotatable bonds is 4. The van der Waals surface area contributed by atoms with Gasteiger partial charge in [-0.3, -0.25) is 0 Å². The van der Waals surface area contributed by atoms with Gasteiger partial charge < -0.3 is 5.32 Å². The molecule has 1 N–H and O–H groups in total. The molecule has 106 valence electrons. The summed E-state index contributed by atoms with van der Waals surface area (Å²) >= 11 is 12.0. The molecule has 0 aliphatic rings. The van der Waals surface area contributed by atoms with Crippen molar-refractivity contribution in [1.82, 2.24) is 5.32 Å². The third-order valence-corrected chi connectivity index (χ3v) is 3.73. The van der Waals surface area contributed by atoms with Gasteiger partial charge in [-0.2, -0.15) is 0 Å². The quantitative estimate of drug-likeness (QED) is 0.772. The van der Waals surface area contributed by atoms with Crippen LogP contribution < -0.4 is 5.32 Å². The average Bonchev–Trinajstić information content (AvgIpc) is 2.41. The maximum absolute atomic E-state index is 13.5. The third-order valence-electron chi connectivity index (χ3n) is 3.01. The van der Waals surface area contributed by atoms with E-state index in [1.807, 2.05) is 6.92 Å². The monoisotopic (exact) mass is 315 g/mol. The second-order valence-corrected chi connectivity index (χ2v) is 5.27. The Morgan fingerprint density at radius 3 is 2.60 bits per heavy atom. The fourth-order valence-corrected chi connectivity index (χ4v) is 2.66. The van der Waals surface area contributed by atoms with Gasteiger partial charge in [-0.25, -0.2) is 8.78 Å². The molecule has 0 bridgehead atoms. The Kier molecular flexibility index (Phi) is 4.97. The molecule has 1 unspecified atom stereocenters. The van der Waals surface area contributed by atoms with Gasteiger partial charge in [-0.15, -0.1) is 0 Å². The lowest BCUT2D eigenvalue weighted by molar-refractivity contribution is 0.561. The van der Waals surface area contributed by atoms with Crippen LogP contribution in [0.15, 0.2) is 36.4 Å². The Bertz CT molecular complexity index is 617. The second-order valence-electron chi connectivity index (χ2n) is 4.49. The van der Waals surface area contributed by atoms with Crippen LogP contribution in [0.25, 0.3) is 0 Å². The summed E-state index contributed by atoms with van der Waals surface area (Å²) < 4.78 is 26.5. The molecule has 2 aromatic rings. The fourth-order valence-electron chi connectivity index (χ4n) is 1.96. The first-order valence-electron chi connectivity index (χ1n) is 6.10. The highest BCUT2D eigenvalue weighted by Gasteiger charge is 2.16. The summed E-state index contributed by atoms with van der Waals surface area (Å²) in [6.07, 6.45) is 0. The van der Waals surface area contributed by atoms with Gasteiger partial charge in [0.05, 0.1) is 5.02 Å². The first kappa shape index (κ1) is 15.2. The lowest BCUT2D eigenvalue weighted by atomic mass is 10.1. The Morgan fingerprint density at radius 1 is 1.15 bits per heavy atom. The molecule has 0 aliphatic heterocycles. The number of hydrogen-bond donors (Lipinski definition) is 1. The topological polar surface area (TPSA) is 12.0 Å². The lowest BCUT2D eigenvalue weighted by Crippen LogP contribution is -2.19. The normalized spacial score (nSPS) is 12.4. The second kappa shape index (κ2) is 6.53. The molecule has 2 aromatic carbocycles. The number of halogens is 4. The highest BCUT2D eigenvalue weighted by Crippen LogP contribution is 2.32. The molecule has 20 heavy (non-hydrogen) atoms. The van der Waals surface area contributed by atoms with Crippen molar-refractivity contribution in [2.24, 2.45) is 0 Å². The van der Waals surface area contributed by atoms with Gasteiger partial charge in [-0.1, -0.05) is 35.3 Å². The number of benzene rings is 2. The minimum Gasteiger partial charge on any atom is -0.306 e. The van der Waals surface area contributed by atoms with Crippen LogP contribution in [0, 0.1) is 11.6 Å². The number of hydrogen-bond acceptors (Lipinski definition) is 1. The van der Waals surface area contributed by atoms with Crippen molar-refractivity contribution in [2.75, 3.05) is 0 Å². The van der Waals surface area contributed by atoms with E-state index in [4.69, 9.17) is 23.2 Å². The molecule has 0 aliphatic carbocycles. The van der Waals surface area contributed by atoms with Gasteiger partial charge in [-0.05, 0) is 36.8 Å². The molecule has 1 nitrogen and oxygen atoms in total. The standard InChI is InChI=1S/C15H13Cl2F2N/c1-9(14-12(16)5-6-13(19)15(14)17)20-8-10-3-2-4-11(18)7-10/h2-7,9,20H,8H2,1H3. The van der Waals surface area contributed by atoms with Crippen LogP contribution in [0.4, 0.5) is 8.78 Å². The first-order chi connectivity index (χ1) is 9.49. The molecule has 0 saturated heterocycles. The van der Waals surface area contributed by atoms with E-state index in [1.165, 1.54) is 24.3 Å². The minimum atomic E-state index is -0.509. The van der Waals surface area contributed by atoms with Crippen molar-refractivity contribution in [3.63, 3.8) is 0 Å². The highest BCUT2D eigenvalue weighted by molar-refractivity contribution is 6.36. The Hall–Kier alpha value is -1.16. The SMILES string of the molecule is CC(NCc1cccc(F)c1)c1c(Cl)ccc(F)c1Cl. The van der Waals surface area contributed by atoms with Crippen LogP contribution in [0.3, 0.4) is 0 Å². The van der Waals surface area contributed by atoms with Crippen molar-refractivity contribution in [3.8, 4) is 0 Å². The van der Waals surface area contributed by atoms with E-state index in [0.717, 1.165) is 5.56 Å². The van der Waals surface area contributed by atoms with Gasteiger partial charge in [0.25, 0.3) is 0 Å².